The molecule has 0 aliphatic heterocycles. The standard InChI is InChI=1S/C11H18P.C5H5.Fe/c1-9(2)12(10(3)4)11-7-5-6-8-11;1-2-4-5-3-1;/h5-10H,1-4H3;1-5H;/q-1;-5;. The normalized spacial score (nSPS) is 10.2. The first-order valence-electron chi connectivity index (χ1n) is 6.29. The van der Waals surface area contributed by atoms with Crippen molar-refractivity contribution in [1.29, 1.82) is 0 Å². The van der Waals surface area contributed by atoms with Crippen LogP contribution in [0.15, 0.2) is 54.6 Å². The second-order valence-corrected chi connectivity index (χ2v) is 8.10. The Hall–Kier alpha value is -0.351. The van der Waals surface area contributed by atoms with Crippen LogP contribution in [0.2, 0.25) is 0 Å². The smallest absolute Gasteiger partial charge is 0 e. The Balaban J connectivity index is 0.000000405. The van der Waals surface area contributed by atoms with Crippen molar-refractivity contribution < 1.29 is 17.1 Å². The van der Waals surface area contributed by atoms with Gasteiger partial charge in [-0.2, -0.15) is 12.1 Å². The van der Waals surface area contributed by atoms with Crippen molar-refractivity contribution in [3.8, 4) is 0 Å². The number of hydrogen-bond donors (Lipinski definition) is 0. The van der Waals surface area contributed by atoms with E-state index < -0.39 is 0 Å². The third kappa shape index (κ3) is 6.00. The van der Waals surface area contributed by atoms with Gasteiger partial charge >= 0.3 is 0 Å². The van der Waals surface area contributed by atoms with Gasteiger partial charge in [-0.05, 0) is 11.3 Å². The van der Waals surface area contributed by atoms with Gasteiger partial charge in [-0.1, -0.05) is 27.7 Å². The van der Waals surface area contributed by atoms with Crippen LogP contribution < -0.4 is 5.30 Å². The Morgan fingerprint density at radius 3 is 1.39 bits per heavy atom. The van der Waals surface area contributed by atoms with E-state index in [0.717, 1.165) is 11.3 Å². The van der Waals surface area contributed by atoms with Gasteiger partial charge in [0.2, 0.25) is 0 Å². The van der Waals surface area contributed by atoms with Crippen LogP contribution >= 0.6 is 7.92 Å². The molecule has 106 valence electrons. The number of rotatable bonds is 3. The van der Waals surface area contributed by atoms with Gasteiger partial charge in [0.25, 0.3) is 0 Å². The minimum absolute atomic E-state index is 0. The molecule has 18 heavy (non-hydrogen) atoms. The molecule has 0 aromatic heterocycles. The molecule has 0 heterocycles. The third-order valence-electron chi connectivity index (χ3n) is 2.61. The fourth-order valence-electron chi connectivity index (χ4n) is 2.05. The minimum atomic E-state index is 0. The van der Waals surface area contributed by atoms with E-state index in [2.05, 4.69) is 52.0 Å². The SMILES string of the molecule is CC(C)P([c-]1cccc1)C(C)C.[Fe].[cH-]1[cH-][cH-][cH-][cH-]1. The average molecular weight is 302 g/mol. The molecule has 0 unspecified atom stereocenters. The van der Waals surface area contributed by atoms with Crippen LogP contribution in [-0.2, 0) is 17.1 Å². The van der Waals surface area contributed by atoms with Crippen LogP contribution in [0, 0.1) is 0 Å². The monoisotopic (exact) mass is 302 g/mol. The summed E-state index contributed by atoms with van der Waals surface area (Å²) in [6.45, 7) is 9.33. The molecule has 0 radical (unpaired) electrons. The average Bonchev–Trinajstić information content (AvgIpc) is 2.91. The van der Waals surface area contributed by atoms with Gasteiger partial charge in [0.15, 0.2) is 0 Å². The molecule has 2 aromatic rings. The maximum Gasteiger partial charge on any atom is 0 e. The predicted octanol–water partition coefficient (Wildman–Crippen LogP) is 4.73. The molecule has 0 atom stereocenters. The molecule has 2 heteroatoms. The van der Waals surface area contributed by atoms with Gasteiger partial charge in [0.1, 0.15) is 0 Å². The van der Waals surface area contributed by atoms with Crippen LogP contribution in [-0.4, -0.2) is 11.3 Å². The van der Waals surface area contributed by atoms with Crippen molar-refractivity contribution in [2.24, 2.45) is 0 Å². The van der Waals surface area contributed by atoms with Crippen LogP contribution in [0.25, 0.3) is 0 Å². The molecule has 2 rings (SSSR count). The second kappa shape index (κ2) is 9.56. The zero-order valence-corrected chi connectivity index (χ0v) is 13.7. The van der Waals surface area contributed by atoms with E-state index in [1.165, 1.54) is 0 Å². The van der Waals surface area contributed by atoms with E-state index in [4.69, 9.17) is 0 Å². The fourth-order valence-corrected chi connectivity index (χ4v) is 4.95. The molecule has 0 nitrogen and oxygen atoms in total. The van der Waals surface area contributed by atoms with E-state index in [0.29, 0.717) is 0 Å². The molecule has 0 fully saturated rings. The zero-order chi connectivity index (χ0) is 12.7. The van der Waals surface area contributed by atoms with Crippen molar-refractivity contribution in [3.63, 3.8) is 0 Å². The van der Waals surface area contributed by atoms with Crippen molar-refractivity contribution in [1.82, 2.24) is 0 Å². The van der Waals surface area contributed by atoms with Crippen LogP contribution in [0.4, 0.5) is 0 Å². The molecule has 0 aliphatic carbocycles. The maximum absolute atomic E-state index is 2.33. The maximum atomic E-state index is 2.33. The van der Waals surface area contributed by atoms with Gasteiger partial charge in [-0.15, -0.1) is 13.2 Å². The minimum Gasteiger partial charge on any atom is -0.748 e. The van der Waals surface area contributed by atoms with Crippen LogP contribution in [0.5, 0.6) is 0 Å². The summed E-state index contributed by atoms with van der Waals surface area (Å²) in [5, 5.41) is 1.56. The Morgan fingerprint density at radius 2 is 1.11 bits per heavy atom. The van der Waals surface area contributed by atoms with Crippen LogP contribution in [0.3, 0.4) is 0 Å². The van der Waals surface area contributed by atoms with Crippen molar-refractivity contribution in [3.05, 3.63) is 54.6 Å². The summed E-state index contributed by atoms with van der Waals surface area (Å²) in [5.74, 6) is 0. The largest absolute Gasteiger partial charge is 0.748 e. The molecule has 0 aliphatic rings. The Morgan fingerprint density at radius 1 is 0.778 bits per heavy atom. The summed E-state index contributed by atoms with van der Waals surface area (Å²) in [4.78, 5) is 0. The molecule has 0 saturated heterocycles. The molecule has 0 spiro atoms. The summed E-state index contributed by atoms with van der Waals surface area (Å²) in [6, 6.07) is 18.8. The van der Waals surface area contributed by atoms with Crippen molar-refractivity contribution in [2.75, 3.05) is 0 Å². The first kappa shape index (κ1) is 17.6. The fraction of sp³-hybridized carbons (Fsp3) is 0.375. The Bertz CT molecular complexity index is 335. The van der Waals surface area contributed by atoms with Crippen molar-refractivity contribution >= 4 is 13.2 Å². The second-order valence-electron chi connectivity index (χ2n) is 4.70. The Labute approximate surface area is 124 Å². The quantitative estimate of drug-likeness (QED) is 0.437. The predicted molar refractivity (Wildman–Crippen MR) is 80.9 cm³/mol. The molecule has 0 N–H and O–H groups in total. The molecule has 0 bridgehead atoms. The first-order chi connectivity index (χ1) is 8.13. The number of hydrogen-bond acceptors (Lipinski definition) is 0. The molecular formula is C16H23FeP-6. The van der Waals surface area contributed by atoms with Crippen LogP contribution in [0.1, 0.15) is 27.7 Å². The van der Waals surface area contributed by atoms with E-state index >= 15 is 0 Å². The van der Waals surface area contributed by atoms with E-state index in [9.17, 15) is 0 Å². The zero-order valence-electron chi connectivity index (χ0n) is 11.7. The third-order valence-corrected chi connectivity index (χ3v) is 5.73. The van der Waals surface area contributed by atoms with E-state index in [-0.39, 0.29) is 25.0 Å². The van der Waals surface area contributed by atoms with Gasteiger partial charge in [-0.3, -0.25) is 0 Å². The topological polar surface area (TPSA) is 0 Å². The Kier molecular flexibility index (Phi) is 9.38. The molecule has 0 amide bonds. The van der Waals surface area contributed by atoms with Crippen molar-refractivity contribution in [2.45, 2.75) is 39.0 Å². The molecular weight excluding hydrogens is 279 g/mol. The van der Waals surface area contributed by atoms with E-state index in [1.54, 1.807) is 5.30 Å². The van der Waals surface area contributed by atoms with Gasteiger partial charge in [0.05, 0.1) is 0 Å². The molecule has 0 saturated carbocycles. The summed E-state index contributed by atoms with van der Waals surface area (Å²) in [5.41, 5.74) is 1.62. The van der Waals surface area contributed by atoms with Gasteiger partial charge in [-0.25, -0.2) is 12.1 Å². The summed E-state index contributed by atoms with van der Waals surface area (Å²) >= 11 is 0. The van der Waals surface area contributed by atoms with Gasteiger partial charge in [0, 0.05) is 17.1 Å². The molecule has 2 aromatic carbocycles. The van der Waals surface area contributed by atoms with Gasteiger partial charge < -0.3 is 30.3 Å². The summed E-state index contributed by atoms with van der Waals surface area (Å²) in [7, 11) is 0.0633. The van der Waals surface area contributed by atoms with E-state index in [1.807, 2.05) is 30.3 Å². The first-order valence-corrected chi connectivity index (χ1v) is 7.77. The summed E-state index contributed by atoms with van der Waals surface area (Å²) in [6.07, 6.45) is 0. The summed E-state index contributed by atoms with van der Waals surface area (Å²) < 4.78 is 0.